The van der Waals surface area contributed by atoms with E-state index in [9.17, 15) is 4.79 Å². The van der Waals surface area contributed by atoms with E-state index in [1.54, 1.807) is 11.3 Å². The van der Waals surface area contributed by atoms with Gasteiger partial charge in [0.05, 0.1) is 5.69 Å². The van der Waals surface area contributed by atoms with E-state index in [0.29, 0.717) is 19.4 Å². The van der Waals surface area contributed by atoms with E-state index in [1.165, 1.54) is 25.9 Å². The van der Waals surface area contributed by atoms with Crippen LogP contribution in [0.25, 0.3) is 4.96 Å². The quantitative estimate of drug-likeness (QED) is 0.585. The molecule has 1 aliphatic rings. The molecule has 0 bridgehead atoms. The van der Waals surface area contributed by atoms with E-state index in [1.807, 2.05) is 37.4 Å². The van der Waals surface area contributed by atoms with Gasteiger partial charge in [0.2, 0.25) is 5.91 Å². The number of aryl methyl sites for hydroxylation is 2. The van der Waals surface area contributed by atoms with Gasteiger partial charge in [-0.25, -0.2) is 4.98 Å². The van der Waals surface area contributed by atoms with Gasteiger partial charge < -0.3 is 10.1 Å². The molecule has 1 aromatic carbocycles. The fourth-order valence-corrected chi connectivity index (χ4v) is 4.61. The number of benzene rings is 1. The Morgan fingerprint density at radius 1 is 1.24 bits per heavy atom. The fraction of sp³-hybridized carbons (Fsp3) is 0.455. The average Bonchev–Trinajstić information content (AvgIpc) is 3.44. The summed E-state index contributed by atoms with van der Waals surface area (Å²) < 4.78 is 7.91. The topological polar surface area (TPSA) is 58.9 Å². The molecule has 0 spiro atoms. The normalized spacial score (nSPS) is 14.5. The fourth-order valence-electron chi connectivity index (χ4n) is 3.65. The first-order chi connectivity index (χ1) is 14.2. The molecule has 0 radical (unpaired) electrons. The number of likely N-dealkylation sites (tertiary alicyclic amines) is 1. The van der Waals surface area contributed by atoms with Crippen molar-refractivity contribution in [2.75, 3.05) is 26.2 Å². The van der Waals surface area contributed by atoms with Gasteiger partial charge in [-0.2, -0.15) is 0 Å². The van der Waals surface area contributed by atoms with Crippen molar-refractivity contribution in [2.24, 2.45) is 0 Å². The number of imidazole rings is 1. The summed E-state index contributed by atoms with van der Waals surface area (Å²) in [6, 6.07) is 7.99. The number of hydrogen-bond donors (Lipinski definition) is 1. The van der Waals surface area contributed by atoms with Crippen molar-refractivity contribution in [3.05, 3.63) is 52.8 Å². The Morgan fingerprint density at radius 3 is 2.83 bits per heavy atom. The lowest BCUT2D eigenvalue weighted by atomic mass is 10.2. The summed E-state index contributed by atoms with van der Waals surface area (Å²) in [5, 5.41) is 5.09. The first-order valence-corrected chi connectivity index (χ1v) is 11.2. The monoisotopic (exact) mass is 412 g/mol. The van der Waals surface area contributed by atoms with Gasteiger partial charge in [0, 0.05) is 36.8 Å². The number of nitrogens with one attached hydrogen (secondary N) is 1. The third-order valence-electron chi connectivity index (χ3n) is 5.30. The van der Waals surface area contributed by atoms with E-state index in [0.717, 1.165) is 40.8 Å². The molecule has 1 amide bonds. The molecule has 154 valence electrons. The number of nitrogens with zero attached hydrogens (tertiary/aromatic N) is 3. The van der Waals surface area contributed by atoms with Gasteiger partial charge in [-0.3, -0.25) is 14.1 Å². The van der Waals surface area contributed by atoms with E-state index in [-0.39, 0.29) is 5.91 Å². The lowest BCUT2D eigenvalue weighted by Crippen LogP contribution is -2.25. The Morgan fingerprint density at radius 2 is 2.03 bits per heavy atom. The van der Waals surface area contributed by atoms with E-state index >= 15 is 0 Å². The molecule has 3 heterocycles. The standard InChI is InChI=1S/C22H28N4O2S/c1-17-15-26-19(16-29-22(26)24-17)6-9-21(27)23-14-18-4-7-20(8-5-18)28-13-12-25-10-2-3-11-25/h4-5,7-8,15-16H,2-3,6,9-14H2,1H3,(H,23,27). The maximum atomic E-state index is 12.2. The van der Waals surface area contributed by atoms with Gasteiger partial charge in [0.25, 0.3) is 0 Å². The zero-order chi connectivity index (χ0) is 20.1. The van der Waals surface area contributed by atoms with E-state index in [2.05, 4.69) is 25.0 Å². The molecule has 1 saturated heterocycles. The van der Waals surface area contributed by atoms with Crippen LogP contribution in [0.1, 0.15) is 36.2 Å². The van der Waals surface area contributed by atoms with Crippen molar-refractivity contribution in [2.45, 2.75) is 39.2 Å². The van der Waals surface area contributed by atoms with Gasteiger partial charge in [-0.1, -0.05) is 12.1 Å². The second-order valence-corrected chi connectivity index (χ2v) is 8.42. The van der Waals surface area contributed by atoms with Gasteiger partial charge in [0.1, 0.15) is 12.4 Å². The Bertz CT molecular complexity index is 942. The Labute approximate surface area is 175 Å². The highest BCUT2D eigenvalue weighted by Crippen LogP contribution is 2.18. The predicted molar refractivity (Wildman–Crippen MR) is 116 cm³/mol. The summed E-state index contributed by atoms with van der Waals surface area (Å²) in [4.78, 5) is 20.1. The molecule has 0 atom stereocenters. The molecule has 3 aromatic rings. The third kappa shape index (κ3) is 5.36. The van der Waals surface area contributed by atoms with Gasteiger partial charge >= 0.3 is 0 Å². The van der Waals surface area contributed by atoms with Crippen molar-refractivity contribution in [1.82, 2.24) is 19.6 Å². The first kappa shape index (κ1) is 19.9. The van der Waals surface area contributed by atoms with E-state index < -0.39 is 0 Å². The number of carbonyl (C=O) groups is 1. The number of hydrogen-bond acceptors (Lipinski definition) is 5. The number of thiazole rings is 1. The Kier molecular flexibility index (Phi) is 6.46. The number of fused-ring (bicyclic) bond motifs is 1. The summed E-state index contributed by atoms with van der Waals surface area (Å²) in [6.45, 7) is 6.63. The molecule has 0 unspecified atom stereocenters. The van der Waals surface area contributed by atoms with Gasteiger partial charge in [0.15, 0.2) is 4.96 Å². The molecule has 7 heteroatoms. The lowest BCUT2D eigenvalue weighted by Gasteiger charge is -2.15. The molecule has 2 aromatic heterocycles. The van der Waals surface area contributed by atoms with Crippen molar-refractivity contribution < 1.29 is 9.53 Å². The molecular formula is C22H28N4O2S. The number of rotatable bonds is 9. The van der Waals surface area contributed by atoms with Crippen LogP contribution in [-0.4, -0.2) is 46.4 Å². The number of carbonyl (C=O) groups excluding carboxylic acids is 1. The SMILES string of the molecule is Cc1cn2c(CCC(=O)NCc3ccc(OCCN4CCCC4)cc3)csc2n1. The molecule has 0 aliphatic carbocycles. The van der Waals surface area contributed by atoms with Crippen LogP contribution in [0.2, 0.25) is 0 Å². The second kappa shape index (κ2) is 9.41. The molecule has 1 fully saturated rings. The first-order valence-electron chi connectivity index (χ1n) is 10.3. The maximum absolute atomic E-state index is 12.2. The minimum atomic E-state index is 0.0622. The summed E-state index contributed by atoms with van der Waals surface area (Å²) in [5.41, 5.74) is 3.22. The number of aromatic nitrogens is 2. The summed E-state index contributed by atoms with van der Waals surface area (Å²) in [5.74, 6) is 0.948. The highest BCUT2D eigenvalue weighted by atomic mass is 32.1. The summed E-state index contributed by atoms with van der Waals surface area (Å²) in [7, 11) is 0. The highest BCUT2D eigenvalue weighted by Gasteiger charge is 2.11. The minimum Gasteiger partial charge on any atom is -0.492 e. The zero-order valence-corrected chi connectivity index (χ0v) is 17.7. The number of amides is 1. The summed E-state index contributed by atoms with van der Waals surface area (Å²) in [6.07, 6.45) is 5.82. The molecule has 29 heavy (non-hydrogen) atoms. The zero-order valence-electron chi connectivity index (χ0n) is 16.9. The van der Waals surface area contributed by atoms with Crippen LogP contribution in [0.4, 0.5) is 0 Å². The van der Waals surface area contributed by atoms with Crippen LogP contribution >= 0.6 is 11.3 Å². The van der Waals surface area contributed by atoms with Crippen molar-refractivity contribution in [3.8, 4) is 5.75 Å². The molecule has 0 saturated carbocycles. The smallest absolute Gasteiger partial charge is 0.220 e. The number of ether oxygens (including phenoxy) is 1. The minimum absolute atomic E-state index is 0.0622. The van der Waals surface area contributed by atoms with Crippen LogP contribution in [0, 0.1) is 6.92 Å². The molecular weight excluding hydrogens is 384 g/mol. The van der Waals surface area contributed by atoms with E-state index in [4.69, 9.17) is 4.74 Å². The second-order valence-electron chi connectivity index (χ2n) is 7.58. The van der Waals surface area contributed by atoms with Crippen molar-refractivity contribution in [3.63, 3.8) is 0 Å². The Hall–Kier alpha value is -2.38. The van der Waals surface area contributed by atoms with Crippen molar-refractivity contribution in [1.29, 1.82) is 0 Å². The highest BCUT2D eigenvalue weighted by molar-refractivity contribution is 7.15. The van der Waals surface area contributed by atoms with Crippen molar-refractivity contribution >= 4 is 22.2 Å². The Balaban J connectivity index is 1.17. The van der Waals surface area contributed by atoms with Crippen LogP contribution < -0.4 is 10.1 Å². The predicted octanol–water partition coefficient (Wildman–Crippen LogP) is 3.43. The molecule has 1 aliphatic heterocycles. The molecule has 4 rings (SSSR count). The van der Waals surface area contributed by atoms with Crippen LogP contribution in [0.3, 0.4) is 0 Å². The van der Waals surface area contributed by atoms with Crippen LogP contribution in [-0.2, 0) is 17.8 Å². The third-order valence-corrected chi connectivity index (χ3v) is 6.19. The lowest BCUT2D eigenvalue weighted by molar-refractivity contribution is -0.121. The largest absolute Gasteiger partial charge is 0.492 e. The molecule has 6 nitrogen and oxygen atoms in total. The van der Waals surface area contributed by atoms with Gasteiger partial charge in [-0.15, -0.1) is 11.3 Å². The molecule has 1 N–H and O–H groups in total. The maximum Gasteiger partial charge on any atom is 0.220 e. The summed E-state index contributed by atoms with van der Waals surface area (Å²) >= 11 is 1.62. The van der Waals surface area contributed by atoms with Crippen LogP contribution in [0.15, 0.2) is 35.8 Å². The van der Waals surface area contributed by atoms with Crippen LogP contribution in [0.5, 0.6) is 5.75 Å². The van der Waals surface area contributed by atoms with Gasteiger partial charge in [-0.05, 0) is 57.0 Å². The average molecular weight is 413 g/mol.